The maximum Gasteiger partial charge on any atom is 0.129 e. The van der Waals surface area contributed by atoms with Crippen LogP contribution in [0.2, 0.25) is 0 Å². The molecule has 0 saturated carbocycles. The fourth-order valence-electron chi connectivity index (χ4n) is 5.26. The molecule has 5 heterocycles. The molecule has 1 fully saturated rings. The van der Waals surface area contributed by atoms with Gasteiger partial charge in [-0.2, -0.15) is 15.5 Å². The van der Waals surface area contributed by atoms with Crippen LogP contribution in [0.1, 0.15) is 44.1 Å². The zero-order chi connectivity index (χ0) is 26.1. The molecule has 1 N–H and O–H groups in total. The number of hydrogen-bond acceptors (Lipinski definition) is 6. The Kier molecular flexibility index (Phi) is 6.19. The van der Waals surface area contributed by atoms with Gasteiger partial charge in [0.25, 0.3) is 0 Å². The molecule has 0 spiro atoms. The Balaban J connectivity index is 1.24. The van der Waals surface area contributed by atoms with Crippen LogP contribution in [0.3, 0.4) is 0 Å². The molecule has 0 unspecified atom stereocenters. The summed E-state index contributed by atoms with van der Waals surface area (Å²) in [5.41, 5.74) is 5.22. The maximum absolute atomic E-state index is 11.0. The Morgan fingerprint density at radius 3 is 2.55 bits per heavy atom. The molecule has 1 saturated heterocycles. The number of nitrogens with zero attached hydrogens (tertiary/aromatic N) is 7. The maximum atomic E-state index is 11.0. The number of nitriles is 1. The summed E-state index contributed by atoms with van der Waals surface area (Å²) in [4.78, 5) is 6.96. The first-order valence-electron chi connectivity index (χ1n) is 13.1. The minimum Gasteiger partial charge on any atom is -0.377 e. The van der Waals surface area contributed by atoms with Gasteiger partial charge >= 0.3 is 0 Å². The van der Waals surface area contributed by atoms with Crippen LogP contribution in [-0.2, 0) is 7.05 Å². The molecule has 4 aromatic heterocycles. The van der Waals surface area contributed by atoms with Gasteiger partial charge in [-0.05, 0) is 49.5 Å². The molecule has 4 aromatic rings. The van der Waals surface area contributed by atoms with E-state index in [1.54, 1.807) is 15.4 Å². The number of aliphatic hydroxyl groups is 1. The van der Waals surface area contributed by atoms with E-state index in [0.29, 0.717) is 31.5 Å². The van der Waals surface area contributed by atoms with Gasteiger partial charge in [0, 0.05) is 73.8 Å². The summed E-state index contributed by atoms with van der Waals surface area (Å²) < 4.78 is 3.51. The third kappa shape index (κ3) is 4.67. The van der Waals surface area contributed by atoms with Crippen molar-refractivity contribution in [3.63, 3.8) is 0 Å². The topological polar surface area (TPSA) is 95.3 Å². The average molecular weight is 504 g/mol. The molecule has 190 valence electrons. The van der Waals surface area contributed by atoms with Gasteiger partial charge in [-0.25, -0.2) is 9.50 Å². The Morgan fingerprint density at radius 2 is 1.87 bits per heavy atom. The molecule has 1 aliphatic carbocycles. The number of aryl methyl sites for hydroxylation is 1. The first-order valence-corrected chi connectivity index (χ1v) is 13.1. The van der Waals surface area contributed by atoms with Gasteiger partial charge in [-0.3, -0.25) is 4.68 Å². The Bertz CT molecular complexity index is 1620. The first kappa shape index (κ1) is 24.0. The minimum atomic E-state index is -0.942. The van der Waals surface area contributed by atoms with Gasteiger partial charge in [0.2, 0.25) is 0 Å². The molecule has 0 aromatic carbocycles. The molecular formula is C30H29N7O. The second-order valence-corrected chi connectivity index (χ2v) is 10.2. The number of fused-ring (bicyclic) bond motifs is 1. The molecule has 8 heteroatoms. The van der Waals surface area contributed by atoms with Crippen LogP contribution in [-0.4, -0.2) is 48.2 Å². The summed E-state index contributed by atoms with van der Waals surface area (Å²) in [5, 5.41) is 29.4. The van der Waals surface area contributed by atoms with E-state index >= 15 is 0 Å². The molecule has 1 aliphatic heterocycles. The molecule has 0 bridgehead atoms. The second-order valence-electron chi connectivity index (χ2n) is 10.2. The lowest BCUT2D eigenvalue weighted by Crippen LogP contribution is -2.43. The summed E-state index contributed by atoms with van der Waals surface area (Å²) in [6.45, 7) is 1.39. The van der Waals surface area contributed by atoms with Crippen molar-refractivity contribution in [2.75, 3.05) is 18.0 Å². The fourth-order valence-corrected chi connectivity index (χ4v) is 5.26. The highest BCUT2D eigenvalue weighted by molar-refractivity contribution is 5.87. The van der Waals surface area contributed by atoms with Crippen molar-refractivity contribution in [1.82, 2.24) is 24.4 Å². The predicted octanol–water partition coefficient (Wildman–Crippen LogP) is 4.50. The summed E-state index contributed by atoms with van der Waals surface area (Å²) in [6.07, 6.45) is 17.1. The molecule has 0 radical (unpaired) electrons. The molecule has 8 nitrogen and oxygen atoms in total. The monoisotopic (exact) mass is 503 g/mol. The lowest BCUT2D eigenvalue weighted by Gasteiger charge is -2.35. The van der Waals surface area contributed by atoms with E-state index < -0.39 is 5.60 Å². The molecular weight excluding hydrogens is 474 g/mol. The standard InChI is InChI=1S/C30H29N7O/c1-35-20-26(19-33-35)24-15-27(29-25(16-31)18-34-37(29)21-24)23-7-8-28(32-17-23)36-13-11-30(38,12-14-36)10-9-22-5-3-2-4-6-22/h5,7-8,15,17-21,38H,2-4,6,11-14H2,1H3. The Hall–Kier alpha value is -4.40. The van der Waals surface area contributed by atoms with E-state index in [9.17, 15) is 10.4 Å². The quantitative estimate of drug-likeness (QED) is 0.414. The molecule has 0 atom stereocenters. The molecule has 2 aliphatic rings. The lowest BCUT2D eigenvalue weighted by atomic mass is 9.91. The summed E-state index contributed by atoms with van der Waals surface area (Å²) in [5.74, 6) is 7.28. The molecule has 0 amide bonds. The number of hydrogen-bond donors (Lipinski definition) is 1. The van der Waals surface area contributed by atoms with E-state index in [1.165, 1.54) is 18.4 Å². The van der Waals surface area contributed by atoms with Gasteiger partial charge in [0.15, 0.2) is 0 Å². The second kappa shape index (κ2) is 9.81. The van der Waals surface area contributed by atoms with Crippen molar-refractivity contribution >= 4 is 11.3 Å². The van der Waals surface area contributed by atoms with Crippen LogP contribution in [0.4, 0.5) is 5.82 Å². The van der Waals surface area contributed by atoms with Crippen LogP contribution in [0.25, 0.3) is 27.8 Å². The van der Waals surface area contributed by atoms with E-state index in [2.05, 4.69) is 45.1 Å². The number of pyridine rings is 2. The van der Waals surface area contributed by atoms with Crippen LogP contribution in [0.15, 0.2) is 60.8 Å². The third-order valence-corrected chi connectivity index (χ3v) is 7.49. The number of rotatable bonds is 3. The number of piperidine rings is 1. The zero-order valence-corrected chi connectivity index (χ0v) is 21.4. The molecule has 38 heavy (non-hydrogen) atoms. The highest BCUT2D eigenvalue weighted by atomic mass is 16.3. The normalized spacial score (nSPS) is 17.0. The van der Waals surface area contributed by atoms with Crippen molar-refractivity contribution in [2.24, 2.45) is 7.05 Å². The average Bonchev–Trinajstić information content (AvgIpc) is 3.59. The number of aromatic nitrogens is 5. The highest BCUT2D eigenvalue weighted by Gasteiger charge is 2.31. The lowest BCUT2D eigenvalue weighted by molar-refractivity contribution is 0.0744. The van der Waals surface area contributed by atoms with E-state index in [0.717, 1.165) is 46.4 Å². The summed E-state index contributed by atoms with van der Waals surface area (Å²) in [6, 6.07) is 8.37. The summed E-state index contributed by atoms with van der Waals surface area (Å²) >= 11 is 0. The van der Waals surface area contributed by atoms with Crippen molar-refractivity contribution in [3.8, 4) is 40.2 Å². The number of allylic oxidation sites excluding steroid dienone is 2. The summed E-state index contributed by atoms with van der Waals surface area (Å²) in [7, 11) is 1.88. The van der Waals surface area contributed by atoms with Crippen LogP contribution >= 0.6 is 0 Å². The van der Waals surface area contributed by atoms with Crippen molar-refractivity contribution in [1.29, 1.82) is 5.26 Å². The predicted molar refractivity (Wildman–Crippen MR) is 146 cm³/mol. The van der Waals surface area contributed by atoms with Crippen molar-refractivity contribution < 1.29 is 5.11 Å². The fraction of sp³-hybridized carbons (Fsp3) is 0.333. The van der Waals surface area contributed by atoms with Gasteiger partial charge in [0.05, 0.1) is 23.5 Å². The van der Waals surface area contributed by atoms with Gasteiger partial charge < -0.3 is 10.0 Å². The SMILES string of the molecule is Cn1cc(-c2cc(-c3ccc(N4CCC(O)(C#CC5=CCCCC5)CC4)nc3)c3c(C#N)cnn3c2)cn1. The Labute approximate surface area is 221 Å². The van der Waals surface area contributed by atoms with Crippen LogP contribution < -0.4 is 4.90 Å². The van der Waals surface area contributed by atoms with Crippen molar-refractivity contribution in [2.45, 2.75) is 44.1 Å². The van der Waals surface area contributed by atoms with E-state index in [4.69, 9.17) is 4.98 Å². The molecule has 6 rings (SSSR count). The van der Waals surface area contributed by atoms with Gasteiger partial charge in [-0.1, -0.05) is 17.9 Å². The number of anilines is 1. The van der Waals surface area contributed by atoms with Crippen LogP contribution in [0.5, 0.6) is 0 Å². The highest BCUT2D eigenvalue weighted by Crippen LogP contribution is 2.33. The van der Waals surface area contributed by atoms with Gasteiger partial charge in [-0.15, -0.1) is 0 Å². The third-order valence-electron chi connectivity index (χ3n) is 7.49. The van der Waals surface area contributed by atoms with Crippen molar-refractivity contribution in [3.05, 3.63) is 66.4 Å². The largest absolute Gasteiger partial charge is 0.377 e. The smallest absolute Gasteiger partial charge is 0.129 e. The Morgan fingerprint density at radius 1 is 1.00 bits per heavy atom. The van der Waals surface area contributed by atoms with Gasteiger partial charge in [0.1, 0.15) is 17.5 Å². The van der Waals surface area contributed by atoms with Crippen LogP contribution in [0, 0.1) is 23.2 Å². The van der Waals surface area contributed by atoms with E-state index in [-0.39, 0.29) is 0 Å². The van der Waals surface area contributed by atoms with E-state index in [1.807, 2.05) is 44.0 Å². The zero-order valence-electron chi connectivity index (χ0n) is 21.4. The first-order chi connectivity index (χ1) is 18.5. The minimum absolute atomic E-state index is 0.516.